The van der Waals surface area contributed by atoms with Crippen molar-refractivity contribution in [3.63, 3.8) is 0 Å². The van der Waals surface area contributed by atoms with Gasteiger partial charge < -0.3 is 9.64 Å². The van der Waals surface area contributed by atoms with Crippen molar-refractivity contribution in [3.05, 3.63) is 24.4 Å². The standard InChI is InChI=1S/C20H29N3O2/c24-19-20(8-3-1-4-9-20)16-17(25-19)7-11-22-12-14-23(15-13-22)18-6-2-5-10-21-18/h2,5-6,10,17H,1,3-4,7-9,11-16H2/t17-/m1/s1. The summed E-state index contributed by atoms with van der Waals surface area (Å²) in [4.78, 5) is 21.7. The summed E-state index contributed by atoms with van der Waals surface area (Å²) in [6, 6.07) is 6.09. The van der Waals surface area contributed by atoms with Gasteiger partial charge in [-0.25, -0.2) is 4.98 Å². The van der Waals surface area contributed by atoms with Crippen LogP contribution in [0.25, 0.3) is 0 Å². The van der Waals surface area contributed by atoms with Crippen LogP contribution >= 0.6 is 0 Å². The molecule has 136 valence electrons. The van der Waals surface area contributed by atoms with Gasteiger partial charge in [0.05, 0.1) is 5.41 Å². The molecule has 3 aliphatic rings. The van der Waals surface area contributed by atoms with Crippen molar-refractivity contribution in [2.75, 3.05) is 37.6 Å². The first-order chi connectivity index (χ1) is 12.3. The van der Waals surface area contributed by atoms with E-state index < -0.39 is 0 Å². The predicted molar refractivity (Wildman–Crippen MR) is 97.5 cm³/mol. The minimum absolute atomic E-state index is 0.0946. The third kappa shape index (κ3) is 3.66. The molecule has 2 aliphatic heterocycles. The first-order valence-corrected chi connectivity index (χ1v) is 9.85. The second-order valence-electron chi connectivity index (χ2n) is 7.88. The Morgan fingerprint density at radius 1 is 1.12 bits per heavy atom. The number of carbonyl (C=O) groups is 1. The van der Waals surface area contributed by atoms with Crippen LogP contribution in [0.3, 0.4) is 0 Å². The maximum atomic E-state index is 12.4. The monoisotopic (exact) mass is 343 g/mol. The van der Waals surface area contributed by atoms with Gasteiger partial charge >= 0.3 is 5.97 Å². The number of hydrogen-bond acceptors (Lipinski definition) is 5. The summed E-state index contributed by atoms with van der Waals surface area (Å²) < 4.78 is 5.75. The molecule has 0 radical (unpaired) electrons. The highest BCUT2D eigenvalue weighted by Crippen LogP contribution is 2.46. The van der Waals surface area contributed by atoms with Gasteiger partial charge in [-0.05, 0) is 31.4 Å². The van der Waals surface area contributed by atoms with Crippen LogP contribution in [0.15, 0.2) is 24.4 Å². The molecule has 1 aromatic heterocycles. The lowest BCUT2D eigenvalue weighted by Gasteiger charge is -2.35. The molecule has 2 saturated heterocycles. The average molecular weight is 343 g/mol. The zero-order valence-electron chi connectivity index (χ0n) is 15.0. The van der Waals surface area contributed by atoms with Gasteiger partial charge in [0.25, 0.3) is 0 Å². The van der Waals surface area contributed by atoms with Gasteiger partial charge in [0.1, 0.15) is 11.9 Å². The average Bonchev–Trinajstić information content (AvgIpc) is 2.97. The molecule has 5 nitrogen and oxygen atoms in total. The topological polar surface area (TPSA) is 45.7 Å². The van der Waals surface area contributed by atoms with E-state index in [9.17, 15) is 4.79 Å². The van der Waals surface area contributed by atoms with Crippen LogP contribution in [0.1, 0.15) is 44.9 Å². The highest BCUT2D eigenvalue weighted by molar-refractivity contribution is 5.79. The molecular formula is C20H29N3O2. The Labute approximate surface area is 150 Å². The molecule has 0 amide bonds. The minimum Gasteiger partial charge on any atom is -0.462 e. The summed E-state index contributed by atoms with van der Waals surface area (Å²) in [5.41, 5.74) is -0.124. The second-order valence-corrected chi connectivity index (χ2v) is 7.88. The van der Waals surface area contributed by atoms with E-state index in [0.717, 1.165) is 64.2 Å². The van der Waals surface area contributed by atoms with Crippen molar-refractivity contribution in [2.45, 2.75) is 51.0 Å². The Kier molecular flexibility index (Phi) is 4.93. The SMILES string of the molecule is O=C1O[C@H](CCN2CCN(c3ccccn3)CC2)CC12CCCCC2. The summed E-state index contributed by atoms with van der Waals surface area (Å²) in [5, 5.41) is 0. The first kappa shape index (κ1) is 16.8. The molecule has 1 aromatic rings. The van der Waals surface area contributed by atoms with E-state index in [2.05, 4.69) is 20.9 Å². The number of aromatic nitrogens is 1. The molecule has 0 bridgehead atoms. The molecule has 25 heavy (non-hydrogen) atoms. The van der Waals surface area contributed by atoms with Gasteiger partial charge in [0, 0.05) is 45.3 Å². The first-order valence-electron chi connectivity index (χ1n) is 9.85. The van der Waals surface area contributed by atoms with Gasteiger partial charge in [0.2, 0.25) is 0 Å². The quantitative estimate of drug-likeness (QED) is 0.787. The van der Waals surface area contributed by atoms with E-state index in [1.807, 2.05) is 18.3 Å². The zero-order valence-corrected chi connectivity index (χ0v) is 15.0. The molecule has 5 heteroatoms. The normalized spacial score (nSPS) is 26.8. The fourth-order valence-electron chi connectivity index (χ4n) is 4.70. The van der Waals surface area contributed by atoms with Crippen LogP contribution in [-0.4, -0.2) is 54.7 Å². The van der Waals surface area contributed by atoms with Crippen LogP contribution in [0.4, 0.5) is 5.82 Å². The number of hydrogen-bond donors (Lipinski definition) is 0. The molecule has 0 unspecified atom stereocenters. The Hall–Kier alpha value is -1.62. The third-order valence-corrected chi connectivity index (χ3v) is 6.25. The van der Waals surface area contributed by atoms with Crippen molar-refractivity contribution in [3.8, 4) is 0 Å². The van der Waals surface area contributed by atoms with Gasteiger partial charge in [-0.1, -0.05) is 25.3 Å². The Bertz CT molecular complexity index is 578. The number of nitrogens with zero attached hydrogens (tertiary/aromatic N) is 3. The summed E-state index contributed by atoms with van der Waals surface area (Å²) in [5.74, 6) is 1.17. The number of cyclic esters (lactones) is 1. The third-order valence-electron chi connectivity index (χ3n) is 6.25. The smallest absolute Gasteiger partial charge is 0.312 e. The van der Waals surface area contributed by atoms with Crippen LogP contribution in [0.5, 0.6) is 0 Å². The number of ether oxygens (including phenoxy) is 1. The largest absolute Gasteiger partial charge is 0.462 e. The van der Waals surface area contributed by atoms with Gasteiger partial charge in [0.15, 0.2) is 0 Å². The maximum absolute atomic E-state index is 12.4. The summed E-state index contributed by atoms with van der Waals surface area (Å²) >= 11 is 0. The maximum Gasteiger partial charge on any atom is 0.312 e. The van der Waals surface area contributed by atoms with E-state index in [-0.39, 0.29) is 17.5 Å². The highest BCUT2D eigenvalue weighted by atomic mass is 16.6. The summed E-state index contributed by atoms with van der Waals surface area (Å²) in [6.45, 7) is 5.19. The number of esters is 1. The molecule has 1 aliphatic carbocycles. The van der Waals surface area contributed by atoms with Gasteiger partial charge in [-0.2, -0.15) is 0 Å². The van der Waals surface area contributed by atoms with Gasteiger partial charge in [-0.3, -0.25) is 9.69 Å². The number of anilines is 1. The lowest BCUT2D eigenvalue weighted by molar-refractivity contribution is -0.150. The molecule has 4 rings (SSSR count). The Morgan fingerprint density at radius 3 is 2.64 bits per heavy atom. The van der Waals surface area contributed by atoms with Crippen molar-refractivity contribution in [1.29, 1.82) is 0 Å². The molecule has 0 N–H and O–H groups in total. The molecule has 1 atom stereocenters. The molecule has 0 aromatic carbocycles. The Balaban J connectivity index is 1.23. The molecule has 1 saturated carbocycles. The number of piperazine rings is 1. The van der Waals surface area contributed by atoms with Crippen molar-refractivity contribution < 1.29 is 9.53 Å². The highest BCUT2D eigenvalue weighted by Gasteiger charge is 2.48. The zero-order chi connectivity index (χ0) is 17.1. The van der Waals surface area contributed by atoms with E-state index in [0.29, 0.717) is 0 Å². The minimum atomic E-state index is -0.124. The van der Waals surface area contributed by atoms with Crippen LogP contribution in [-0.2, 0) is 9.53 Å². The van der Waals surface area contributed by atoms with Gasteiger partial charge in [-0.15, -0.1) is 0 Å². The molecule has 1 spiro atoms. The molecular weight excluding hydrogens is 314 g/mol. The van der Waals surface area contributed by atoms with Crippen molar-refractivity contribution >= 4 is 11.8 Å². The fraction of sp³-hybridized carbons (Fsp3) is 0.700. The van der Waals surface area contributed by atoms with Crippen LogP contribution < -0.4 is 4.90 Å². The number of rotatable bonds is 4. The second kappa shape index (κ2) is 7.32. The Morgan fingerprint density at radius 2 is 1.92 bits per heavy atom. The summed E-state index contributed by atoms with van der Waals surface area (Å²) in [7, 11) is 0. The molecule has 3 heterocycles. The van der Waals surface area contributed by atoms with Crippen molar-refractivity contribution in [2.24, 2.45) is 5.41 Å². The lowest BCUT2D eigenvalue weighted by atomic mass is 9.72. The fourth-order valence-corrected chi connectivity index (χ4v) is 4.70. The number of carbonyl (C=O) groups excluding carboxylic acids is 1. The lowest BCUT2D eigenvalue weighted by Crippen LogP contribution is -2.47. The summed E-state index contributed by atoms with van der Waals surface area (Å²) in [6.07, 6.45) is 9.69. The number of pyridine rings is 1. The van der Waals surface area contributed by atoms with Crippen LogP contribution in [0.2, 0.25) is 0 Å². The van der Waals surface area contributed by atoms with E-state index >= 15 is 0 Å². The van der Waals surface area contributed by atoms with E-state index in [4.69, 9.17) is 4.74 Å². The van der Waals surface area contributed by atoms with Crippen molar-refractivity contribution in [1.82, 2.24) is 9.88 Å². The molecule has 3 fully saturated rings. The van der Waals surface area contributed by atoms with E-state index in [1.165, 1.54) is 19.3 Å². The van der Waals surface area contributed by atoms with Crippen LogP contribution in [0, 0.1) is 5.41 Å². The van der Waals surface area contributed by atoms with E-state index in [1.54, 1.807) is 0 Å². The predicted octanol–water partition coefficient (Wildman–Crippen LogP) is 2.86.